The number of benzene rings is 1. The molecule has 0 bridgehead atoms. The summed E-state index contributed by atoms with van der Waals surface area (Å²) in [5.41, 5.74) is 0.383. The zero-order valence-electron chi connectivity index (χ0n) is 10.3. The van der Waals surface area contributed by atoms with E-state index in [1.807, 2.05) is 44.2 Å². The molecule has 1 rings (SSSR count). The molecule has 1 aromatic carbocycles. The summed E-state index contributed by atoms with van der Waals surface area (Å²) in [6, 6.07) is 9.44. The number of nitrogens with one attached hydrogen (secondary N) is 1. The largest absolute Gasteiger partial charge is 0.396 e. The minimum Gasteiger partial charge on any atom is -0.396 e. The average Bonchev–Trinajstić information content (AvgIpc) is 2.30. The van der Waals surface area contributed by atoms with E-state index in [9.17, 15) is 4.79 Å². The highest BCUT2D eigenvalue weighted by Crippen LogP contribution is 2.23. The summed E-state index contributed by atoms with van der Waals surface area (Å²) in [4.78, 5) is 12.0. The van der Waals surface area contributed by atoms with Crippen LogP contribution in [-0.4, -0.2) is 29.1 Å². The molecule has 1 aromatic rings. The number of hydrogen-bond acceptors (Lipinski definition) is 3. The number of aliphatic hydroxyl groups excluding tert-OH is 1. The van der Waals surface area contributed by atoms with Crippen molar-refractivity contribution in [1.29, 1.82) is 0 Å². The monoisotopic (exact) mass is 253 g/mol. The highest BCUT2D eigenvalue weighted by Gasteiger charge is 2.27. The molecule has 0 aliphatic heterocycles. The first-order valence-corrected chi connectivity index (χ1v) is 6.77. The Morgan fingerprint density at radius 1 is 1.35 bits per heavy atom. The van der Waals surface area contributed by atoms with Crippen LogP contribution in [0.1, 0.15) is 13.8 Å². The van der Waals surface area contributed by atoms with Crippen LogP contribution in [0.2, 0.25) is 0 Å². The fourth-order valence-electron chi connectivity index (χ4n) is 1.28. The van der Waals surface area contributed by atoms with Crippen LogP contribution in [-0.2, 0) is 4.79 Å². The highest BCUT2D eigenvalue weighted by atomic mass is 32.2. The lowest BCUT2D eigenvalue weighted by atomic mass is 9.95. The first kappa shape index (κ1) is 14.1. The first-order valence-electron chi connectivity index (χ1n) is 5.61. The minimum atomic E-state index is -0.435. The molecule has 0 unspecified atom stereocenters. The predicted octanol–water partition coefficient (Wildman–Crippen LogP) is 2.38. The Hall–Kier alpha value is -1.00. The van der Waals surface area contributed by atoms with Crippen molar-refractivity contribution in [2.45, 2.75) is 13.8 Å². The Morgan fingerprint density at radius 2 is 2.00 bits per heavy atom. The molecular formula is C13H19NO2S. The maximum absolute atomic E-state index is 12.0. The maximum Gasteiger partial charge on any atom is 0.230 e. The van der Waals surface area contributed by atoms with Gasteiger partial charge in [-0.15, -0.1) is 0 Å². The number of carbonyl (C=O) groups excluding carboxylic acids is 1. The van der Waals surface area contributed by atoms with Crippen LogP contribution in [0.25, 0.3) is 0 Å². The highest BCUT2D eigenvalue weighted by molar-refractivity contribution is 7.99. The first-order chi connectivity index (χ1) is 8.06. The van der Waals surface area contributed by atoms with E-state index in [0.29, 0.717) is 11.5 Å². The van der Waals surface area contributed by atoms with E-state index in [0.717, 1.165) is 5.69 Å². The van der Waals surface area contributed by atoms with Gasteiger partial charge in [-0.1, -0.05) is 32.0 Å². The molecule has 1 amide bonds. The van der Waals surface area contributed by atoms with Gasteiger partial charge in [0.1, 0.15) is 0 Å². The molecule has 0 spiro atoms. The number of rotatable bonds is 6. The zero-order chi connectivity index (χ0) is 12.7. The number of para-hydroxylation sites is 1. The van der Waals surface area contributed by atoms with Crippen molar-refractivity contribution in [3.05, 3.63) is 30.3 Å². The van der Waals surface area contributed by atoms with Crippen LogP contribution < -0.4 is 5.32 Å². The van der Waals surface area contributed by atoms with Gasteiger partial charge in [-0.3, -0.25) is 4.79 Å². The summed E-state index contributed by atoms with van der Waals surface area (Å²) in [5.74, 6) is 1.38. The van der Waals surface area contributed by atoms with Gasteiger partial charge in [0, 0.05) is 17.2 Å². The second-order valence-electron chi connectivity index (χ2n) is 4.48. The van der Waals surface area contributed by atoms with Crippen molar-refractivity contribution in [3.8, 4) is 0 Å². The molecule has 0 saturated heterocycles. The molecule has 4 heteroatoms. The quantitative estimate of drug-likeness (QED) is 0.765. The molecule has 0 aromatic heterocycles. The Kier molecular flexibility index (Phi) is 5.51. The van der Waals surface area contributed by atoms with E-state index >= 15 is 0 Å². The molecule has 17 heavy (non-hydrogen) atoms. The summed E-state index contributed by atoms with van der Waals surface area (Å²) in [7, 11) is 0. The van der Waals surface area contributed by atoms with Gasteiger partial charge in [0.05, 0.1) is 12.0 Å². The number of hydrogen-bond donors (Lipinski definition) is 2. The Morgan fingerprint density at radius 3 is 2.59 bits per heavy atom. The Labute approximate surface area is 107 Å². The summed E-state index contributed by atoms with van der Waals surface area (Å²) in [5, 5.41) is 11.6. The molecule has 0 aliphatic carbocycles. The number of anilines is 1. The van der Waals surface area contributed by atoms with Crippen molar-refractivity contribution in [3.63, 3.8) is 0 Å². The SMILES string of the molecule is CC(C)(CSCCO)C(=O)Nc1ccccc1. The van der Waals surface area contributed by atoms with Gasteiger partial charge in [-0.25, -0.2) is 0 Å². The smallest absolute Gasteiger partial charge is 0.230 e. The zero-order valence-corrected chi connectivity index (χ0v) is 11.1. The van der Waals surface area contributed by atoms with Gasteiger partial charge in [-0.2, -0.15) is 11.8 Å². The number of thioether (sulfide) groups is 1. The van der Waals surface area contributed by atoms with E-state index < -0.39 is 5.41 Å². The van der Waals surface area contributed by atoms with E-state index in [4.69, 9.17) is 5.11 Å². The van der Waals surface area contributed by atoms with E-state index in [2.05, 4.69) is 5.32 Å². The Bertz CT molecular complexity index is 352. The third kappa shape index (κ3) is 4.79. The van der Waals surface area contributed by atoms with Gasteiger partial charge in [-0.05, 0) is 12.1 Å². The molecule has 0 fully saturated rings. The van der Waals surface area contributed by atoms with Gasteiger partial charge < -0.3 is 10.4 Å². The summed E-state index contributed by atoms with van der Waals surface area (Å²) in [6.45, 7) is 3.98. The molecule has 3 nitrogen and oxygen atoms in total. The molecule has 2 N–H and O–H groups in total. The topological polar surface area (TPSA) is 49.3 Å². The van der Waals surface area contributed by atoms with E-state index in [1.54, 1.807) is 11.8 Å². The van der Waals surface area contributed by atoms with Crippen LogP contribution in [0.4, 0.5) is 5.69 Å². The van der Waals surface area contributed by atoms with Gasteiger partial charge in [0.15, 0.2) is 0 Å². The molecular weight excluding hydrogens is 234 g/mol. The van der Waals surface area contributed by atoms with Crippen LogP contribution in [0.15, 0.2) is 30.3 Å². The third-order valence-corrected chi connectivity index (χ3v) is 3.74. The van der Waals surface area contributed by atoms with E-state index in [1.165, 1.54) is 0 Å². The summed E-state index contributed by atoms with van der Waals surface area (Å²) < 4.78 is 0. The van der Waals surface area contributed by atoms with Crippen molar-refractivity contribution < 1.29 is 9.90 Å². The van der Waals surface area contributed by atoms with Crippen LogP contribution in [0, 0.1) is 5.41 Å². The van der Waals surface area contributed by atoms with Crippen molar-refractivity contribution in [1.82, 2.24) is 0 Å². The number of carbonyl (C=O) groups is 1. The fourth-order valence-corrected chi connectivity index (χ4v) is 2.19. The second-order valence-corrected chi connectivity index (χ2v) is 5.59. The second kappa shape index (κ2) is 6.67. The molecule has 0 aliphatic rings. The lowest BCUT2D eigenvalue weighted by molar-refractivity contribution is -0.122. The van der Waals surface area contributed by atoms with Gasteiger partial charge >= 0.3 is 0 Å². The number of amides is 1. The molecule has 0 saturated carbocycles. The van der Waals surface area contributed by atoms with Crippen molar-refractivity contribution in [2.75, 3.05) is 23.4 Å². The average molecular weight is 253 g/mol. The van der Waals surface area contributed by atoms with Gasteiger partial charge in [0.25, 0.3) is 0 Å². The predicted molar refractivity (Wildman–Crippen MR) is 73.3 cm³/mol. The van der Waals surface area contributed by atoms with Gasteiger partial charge in [0.2, 0.25) is 5.91 Å². The standard InChI is InChI=1S/C13H19NO2S/c1-13(2,10-17-9-8-15)12(16)14-11-6-4-3-5-7-11/h3-7,15H,8-10H2,1-2H3,(H,14,16). The number of aliphatic hydroxyl groups is 1. The van der Waals surface area contributed by atoms with E-state index in [-0.39, 0.29) is 12.5 Å². The van der Waals surface area contributed by atoms with Crippen LogP contribution in [0.5, 0.6) is 0 Å². The molecule has 0 radical (unpaired) electrons. The third-order valence-electron chi connectivity index (χ3n) is 2.34. The molecule has 94 valence electrons. The lowest BCUT2D eigenvalue weighted by Crippen LogP contribution is -2.33. The summed E-state index contributed by atoms with van der Waals surface area (Å²) >= 11 is 1.59. The fraction of sp³-hybridized carbons (Fsp3) is 0.462. The van der Waals surface area contributed by atoms with Crippen molar-refractivity contribution in [2.24, 2.45) is 5.41 Å². The Balaban J connectivity index is 2.51. The van der Waals surface area contributed by atoms with Crippen molar-refractivity contribution >= 4 is 23.4 Å². The normalized spacial score (nSPS) is 11.2. The minimum absolute atomic E-state index is 0.00846. The van der Waals surface area contributed by atoms with Crippen LogP contribution in [0.3, 0.4) is 0 Å². The molecule has 0 atom stereocenters. The lowest BCUT2D eigenvalue weighted by Gasteiger charge is -2.23. The summed E-state index contributed by atoms with van der Waals surface area (Å²) in [6.07, 6.45) is 0. The van der Waals surface area contributed by atoms with Crippen LogP contribution >= 0.6 is 11.8 Å². The molecule has 0 heterocycles. The maximum atomic E-state index is 12.0.